The molecule has 0 amide bonds. The molecule has 0 N–H and O–H groups in total. The number of para-hydroxylation sites is 1. The highest BCUT2D eigenvalue weighted by Gasteiger charge is 1.87. The van der Waals surface area contributed by atoms with Crippen LogP contribution in [-0.4, -0.2) is 13.0 Å². The Balaban J connectivity index is 2.79. The van der Waals surface area contributed by atoms with E-state index in [2.05, 4.69) is 4.99 Å². The van der Waals surface area contributed by atoms with Crippen molar-refractivity contribution < 1.29 is 4.74 Å². The first-order valence-corrected chi connectivity index (χ1v) is 3.47. The molecule has 58 valence electrons. The quantitative estimate of drug-likeness (QED) is 0.443. The van der Waals surface area contributed by atoms with Gasteiger partial charge in [-0.1, -0.05) is 18.2 Å². The summed E-state index contributed by atoms with van der Waals surface area (Å²) >= 11 is 0. The van der Waals surface area contributed by atoms with E-state index >= 15 is 0 Å². The molecular formula is C9H11NO. The van der Waals surface area contributed by atoms with Gasteiger partial charge in [-0.15, -0.1) is 0 Å². The van der Waals surface area contributed by atoms with Gasteiger partial charge in [0.15, 0.2) is 5.90 Å². The molecule has 1 rings (SSSR count). The monoisotopic (exact) mass is 149 g/mol. The van der Waals surface area contributed by atoms with Gasteiger partial charge in [-0.3, -0.25) is 0 Å². The van der Waals surface area contributed by atoms with Gasteiger partial charge in [-0.25, -0.2) is 4.99 Å². The molecule has 0 unspecified atom stereocenters. The van der Waals surface area contributed by atoms with Crippen molar-refractivity contribution in [2.24, 2.45) is 4.99 Å². The lowest BCUT2D eigenvalue weighted by molar-refractivity contribution is 0.400. The Morgan fingerprint density at radius 1 is 1.27 bits per heavy atom. The Hall–Kier alpha value is -1.31. The molecule has 0 saturated carbocycles. The van der Waals surface area contributed by atoms with E-state index in [0.717, 1.165) is 5.69 Å². The molecule has 11 heavy (non-hydrogen) atoms. The van der Waals surface area contributed by atoms with E-state index in [0.29, 0.717) is 5.90 Å². The third kappa shape index (κ3) is 2.42. The van der Waals surface area contributed by atoms with Gasteiger partial charge >= 0.3 is 0 Å². The standard InChI is InChI=1S/C9H11NO/c1-8(11-2)10-9-6-4-3-5-7-9/h3-7H,1-2H3/b10-8-. The SMILES string of the molecule is CO/C(C)=N\c1ccccc1. The van der Waals surface area contributed by atoms with Gasteiger partial charge in [0.25, 0.3) is 0 Å². The Bertz CT molecular complexity index is 241. The predicted octanol–water partition coefficient (Wildman–Crippen LogP) is 2.38. The van der Waals surface area contributed by atoms with E-state index in [1.165, 1.54) is 0 Å². The maximum Gasteiger partial charge on any atom is 0.184 e. The minimum Gasteiger partial charge on any atom is -0.484 e. The fraction of sp³-hybridized carbons (Fsp3) is 0.222. The number of aliphatic imine (C=N–C) groups is 1. The Morgan fingerprint density at radius 2 is 1.91 bits per heavy atom. The lowest BCUT2D eigenvalue weighted by Gasteiger charge is -1.96. The summed E-state index contributed by atoms with van der Waals surface area (Å²) in [7, 11) is 1.61. The maximum absolute atomic E-state index is 4.90. The average Bonchev–Trinajstić information content (AvgIpc) is 2.06. The molecule has 0 saturated heterocycles. The largest absolute Gasteiger partial charge is 0.484 e. The number of rotatable bonds is 1. The number of benzene rings is 1. The molecule has 1 aromatic carbocycles. The van der Waals surface area contributed by atoms with E-state index in [9.17, 15) is 0 Å². The van der Waals surface area contributed by atoms with Crippen LogP contribution in [0, 0.1) is 0 Å². The third-order valence-electron chi connectivity index (χ3n) is 1.34. The van der Waals surface area contributed by atoms with E-state index < -0.39 is 0 Å². The lowest BCUT2D eigenvalue weighted by atomic mass is 10.3. The van der Waals surface area contributed by atoms with Crippen molar-refractivity contribution in [3.8, 4) is 0 Å². The van der Waals surface area contributed by atoms with Crippen molar-refractivity contribution in [1.29, 1.82) is 0 Å². The topological polar surface area (TPSA) is 21.6 Å². The zero-order chi connectivity index (χ0) is 8.10. The van der Waals surface area contributed by atoms with Crippen LogP contribution in [0.15, 0.2) is 35.3 Å². The Morgan fingerprint density at radius 3 is 2.45 bits per heavy atom. The fourth-order valence-corrected chi connectivity index (χ4v) is 0.730. The molecule has 2 nitrogen and oxygen atoms in total. The van der Waals surface area contributed by atoms with Gasteiger partial charge in [0.05, 0.1) is 12.8 Å². The molecular weight excluding hydrogens is 138 g/mol. The normalized spacial score (nSPS) is 11.3. The smallest absolute Gasteiger partial charge is 0.184 e. The zero-order valence-electron chi connectivity index (χ0n) is 6.74. The highest BCUT2D eigenvalue weighted by molar-refractivity contribution is 5.76. The van der Waals surface area contributed by atoms with Crippen LogP contribution >= 0.6 is 0 Å². The fourth-order valence-electron chi connectivity index (χ4n) is 0.730. The zero-order valence-corrected chi connectivity index (χ0v) is 6.74. The molecule has 0 aliphatic carbocycles. The van der Waals surface area contributed by atoms with E-state index in [1.807, 2.05) is 37.3 Å². The molecule has 0 heterocycles. The van der Waals surface area contributed by atoms with E-state index in [4.69, 9.17) is 4.74 Å². The summed E-state index contributed by atoms with van der Waals surface area (Å²) in [6.45, 7) is 1.83. The van der Waals surface area contributed by atoms with Crippen molar-refractivity contribution in [2.45, 2.75) is 6.92 Å². The van der Waals surface area contributed by atoms with Crippen molar-refractivity contribution in [3.05, 3.63) is 30.3 Å². The van der Waals surface area contributed by atoms with Crippen molar-refractivity contribution in [2.75, 3.05) is 7.11 Å². The van der Waals surface area contributed by atoms with Crippen molar-refractivity contribution in [1.82, 2.24) is 0 Å². The van der Waals surface area contributed by atoms with Crippen LogP contribution in [0.4, 0.5) is 5.69 Å². The Labute approximate surface area is 66.5 Å². The first kappa shape index (κ1) is 7.79. The molecule has 0 spiro atoms. The molecule has 2 heteroatoms. The van der Waals surface area contributed by atoms with Gasteiger partial charge in [0, 0.05) is 6.92 Å². The Kier molecular flexibility index (Phi) is 2.66. The molecule has 0 fully saturated rings. The summed E-state index contributed by atoms with van der Waals surface area (Å²) in [4.78, 5) is 4.17. The van der Waals surface area contributed by atoms with Crippen LogP contribution in [0.1, 0.15) is 6.92 Å². The summed E-state index contributed by atoms with van der Waals surface area (Å²) < 4.78 is 4.90. The summed E-state index contributed by atoms with van der Waals surface area (Å²) in [5, 5.41) is 0. The minimum absolute atomic E-state index is 0.677. The van der Waals surface area contributed by atoms with Crippen LogP contribution < -0.4 is 0 Å². The van der Waals surface area contributed by atoms with Gasteiger partial charge in [-0.2, -0.15) is 0 Å². The van der Waals surface area contributed by atoms with Crippen molar-refractivity contribution >= 4 is 11.6 Å². The van der Waals surface area contributed by atoms with Gasteiger partial charge in [0.2, 0.25) is 0 Å². The van der Waals surface area contributed by atoms with Gasteiger partial charge < -0.3 is 4.74 Å². The average molecular weight is 149 g/mol. The summed E-state index contributed by atoms with van der Waals surface area (Å²) in [6, 6.07) is 9.72. The van der Waals surface area contributed by atoms with Crippen LogP contribution in [-0.2, 0) is 4.74 Å². The minimum atomic E-state index is 0.677. The van der Waals surface area contributed by atoms with Crippen LogP contribution in [0.3, 0.4) is 0 Å². The van der Waals surface area contributed by atoms with E-state index in [1.54, 1.807) is 7.11 Å². The van der Waals surface area contributed by atoms with Crippen LogP contribution in [0.25, 0.3) is 0 Å². The molecule has 0 aromatic heterocycles. The highest BCUT2D eigenvalue weighted by atomic mass is 16.5. The molecule has 0 bridgehead atoms. The second-order valence-corrected chi connectivity index (χ2v) is 2.17. The first-order valence-electron chi connectivity index (χ1n) is 3.47. The van der Waals surface area contributed by atoms with Gasteiger partial charge in [0.1, 0.15) is 0 Å². The molecule has 0 atom stereocenters. The summed E-state index contributed by atoms with van der Waals surface area (Å²) in [5.74, 6) is 0.677. The summed E-state index contributed by atoms with van der Waals surface area (Å²) in [6.07, 6.45) is 0. The number of hydrogen-bond donors (Lipinski definition) is 0. The van der Waals surface area contributed by atoms with E-state index in [-0.39, 0.29) is 0 Å². The molecule has 0 aliphatic heterocycles. The first-order chi connectivity index (χ1) is 5.33. The second-order valence-electron chi connectivity index (χ2n) is 2.17. The maximum atomic E-state index is 4.90. The number of hydrogen-bond acceptors (Lipinski definition) is 2. The second kappa shape index (κ2) is 3.76. The number of ether oxygens (including phenoxy) is 1. The molecule has 0 radical (unpaired) electrons. The van der Waals surface area contributed by atoms with Crippen LogP contribution in [0.2, 0.25) is 0 Å². The number of nitrogens with zero attached hydrogens (tertiary/aromatic N) is 1. The van der Waals surface area contributed by atoms with Crippen LogP contribution in [0.5, 0.6) is 0 Å². The number of methoxy groups -OCH3 is 1. The lowest BCUT2D eigenvalue weighted by Crippen LogP contribution is -1.91. The predicted molar refractivity (Wildman–Crippen MR) is 46.2 cm³/mol. The van der Waals surface area contributed by atoms with Crippen molar-refractivity contribution in [3.63, 3.8) is 0 Å². The molecule has 1 aromatic rings. The van der Waals surface area contributed by atoms with Gasteiger partial charge in [-0.05, 0) is 12.1 Å². The summed E-state index contributed by atoms with van der Waals surface area (Å²) in [5.41, 5.74) is 0.923. The molecule has 0 aliphatic rings. The third-order valence-corrected chi connectivity index (χ3v) is 1.34. The highest BCUT2D eigenvalue weighted by Crippen LogP contribution is 2.09.